The van der Waals surface area contributed by atoms with E-state index in [1.807, 2.05) is 0 Å². The molecule has 1 aromatic rings. The Morgan fingerprint density at radius 1 is 1.29 bits per heavy atom. The molecule has 4 nitrogen and oxygen atoms in total. The first-order valence-electron chi connectivity index (χ1n) is 5.96. The molecule has 96 valence electrons. The summed E-state index contributed by atoms with van der Waals surface area (Å²) in [6.45, 7) is 2.06. The molecule has 1 unspecified atom stereocenters. The van der Waals surface area contributed by atoms with Gasteiger partial charge in [0.05, 0.1) is 26.0 Å². The second kappa shape index (κ2) is 7.12. The smallest absolute Gasteiger partial charge is 0.182 e. The lowest BCUT2D eigenvalue weighted by Crippen LogP contribution is -2.08. The maximum absolute atomic E-state index is 9.70. The van der Waals surface area contributed by atoms with Gasteiger partial charge in [0, 0.05) is 12.3 Å². The van der Waals surface area contributed by atoms with Crippen LogP contribution in [0.2, 0.25) is 0 Å². The van der Waals surface area contributed by atoms with Crippen LogP contribution in [0.1, 0.15) is 31.9 Å². The predicted octanol–water partition coefficient (Wildman–Crippen LogP) is 2.19. The number of hydrogen-bond acceptors (Lipinski definition) is 4. The van der Waals surface area contributed by atoms with E-state index >= 15 is 0 Å². The summed E-state index contributed by atoms with van der Waals surface area (Å²) in [7, 11) is 3.21. The molecule has 0 bridgehead atoms. The third kappa shape index (κ3) is 3.89. The van der Waals surface area contributed by atoms with Gasteiger partial charge in [-0.05, 0) is 19.3 Å². The third-order valence-corrected chi connectivity index (χ3v) is 2.70. The molecular formula is C13H21NO3. The molecule has 0 aromatic carbocycles. The number of nitrogens with zero attached hydrogens (tertiary/aromatic N) is 1. The Bertz CT molecular complexity index is 341. The monoisotopic (exact) mass is 239 g/mol. The van der Waals surface area contributed by atoms with Crippen molar-refractivity contribution in [3.8, 4) is 11.5 Å². The second-order valence-corrected chi connectivity index (χ2v) is 3.97. The van der Waals surface area contributed by atoms with Crippen molar-refractivity contribution in [3.63, 3.8) is 0 Å². The maximum Gasteiger partial charge on any atom is 0.182 e. The molecular weight excluding hydrogens is 218 g/mol. The van der Waals surface area contributed by atoms with E-state index in [1.54, 1.807) is 26.5 Å². The van der Waals surface area contributed by atoms with Crippen molar-refractivity contribution in [2.75, 3.05) is 14.2 Å². The largest absolute Gasteiger partial charge is 0.493 e. The molecule has 0 spiro atoms. The summed E-state index contributed by atoms with van der Waals surface area (Å²) < 4.78 is 10.5. The molecule has 0 aliphatic rings. The molecule has 4 heteroatoms. The van der Waals surface area contributed by atoms with Crippen molar-refractivity contribution in [2.24, 2.45) is 0 Å². The number of aromatic nitrogens is 1. The summed E-state index contributed by atoms with van der Waals surface area (Å²) in [6.07, 6.45) is 4.64. The summed E-state index contributed by atoms with van der Waals surface area (Å²) in [4.78, 5) is 4.27. The quantitative estimate of drug-likeness (QED) is 0.792. The zero-order valence-corrected chi connectivity index (χ0v) is 10.8. The van der Waals surface area contributed by atoms with Crippen LogP contribution in [0, 0.1) is 0 Å². The molecule has 0 saturated heterocycles. The van der Waals surface area contributed by atoms with Crippen LogP contribution in [-0.2, 0) is 6.42 Å². The van der Waals surface area contributed by atoms with Crippen LogP contribution < -0.4 is 9.47 Å². The minimum atomic E-state index is -0.266. The SMILES string of the molecule is CCCC(O)CCc1nccc(OC)c1OC. The number of aliphatic hydroxyl groups is 1. The summed E-state index contributed by atoms with van der Waals surface area (Å²) in [5, 5.41) is 9.70. The van der Waals surface area contributed by atoms with Gasteiger partial charge < -0.3 is 14.6 Å². The van der Waals surface area contributed by atoms with Gasteiger partial charge in [-0.25, -0.2) is 0 Å². The first kappa shape index (κ1) is 13.8. The van der Waals surface area contributed by atoms with Gasteiger partial charge in [0.2, 0.25) is 0 Å². The van der Waals surface area contributed by atoms with Crippen LogP contribution in [0.25, 0.3) is 0 Å². The fourth-order valence-corrected chi connectivity index (χ4v) is 1.81. The Morgan fingerprint density at radius 2 is 2.06 bits per heavy atom. The molecule has 0 saturated carbocycles. The van der Waals surface area contributed by atoms with Crippen molar-refractivity contribution >= 4 is 0 Å². The van der Waals surface area contributed by atoms with Gasteiger partial charge in [0.25, 0.3) is 0 Å². The number of pyridine rings is 1. The lowest BCUT2D eigenvalue weighted by molar-refractivity contribution is 0.153. The molecule has 0 radical (unpaired) electrons. The number of methoxy groups -OCH3 is 2. The Balaban J connectivity index is 2.70. The summed E-state index contributed by atoms with van der Waals surface area (Å²) in [6, 6.07) is 1.77. The van der Waals surface area contributed by atoms with Gasteiger partial charge in [0.1, 0.15) is 0 Å². The highest BCUT2D eigenvalue weighted by Gasteiger charge is 2.12. The van der Waals surface area contributed by atoms with Crippen molar-refractivity contribution < 1.29 is 14.6 Å². The Labute approximate surface area is 103 Å². The van der Waals surface area contributed by atoms with Gasteiger partial charge in [0.15, 0.2) is 11.5 Å². The van der Waals surface area contributed by atoms with Crippen LogP contribution in [0.15, 0.2) is 12.3 Å². The first-order chi connectivity index (χ1) is 8.22. The number of ether oxygens (including phenoxy) is 2. The first-order valence-corrected chi connectivity index (χ1v) is 5.96. The van der Waals surface area contributed by atoms with E-state index in [-0.39, 0.29) is 6.10 Å². The molecule has 0 amide bonds. The fourth-order valence-electron chi connectivity index (χ4n) is 1.81. The van der Waals surface area contributed by atoms with Gasteiger partial charge in [-0.1, -0.05) is 13.3 Å². The van der Waals surface area contributed by atoms with E-state index in [0.29, 0.717) is 24.3 Å². The van der Waals surface area contributed by atoms with E-state index in [4.69, 9.17) is 9.47 Å². The van der Waals surface area contributed by atoms with Crippen LogP contribution in [-0.4, -0.2) is 30.4 Å². The van der Waals surface area contributed by atoms with Gasteiger partial charge in [-0.3, -0.25) is 4.98 Å². The van der Waals surface area contributed by atoms with Crippen molar-refractivity contribution in [1.82, 2.24) is 4.98 Å². The fraction of sp³-hybridized carbons (Fsp3) is 0.615. The van der Waals surface area contributed by atoms with Crippen LogP contribution in [0.3, 0.4) is 0 Å². The average Bonchev–Trinajstić information content (AvgIpc) is 2.36. The molecule has 1 heterocycles. The third-order valence-electron chi connectivity index (χ3n) is 2.70. The molecule has 0 aliphatic carbocycles. The molecule has 0 fully saturated rings. The molecule has 17 heavy (non-hydrogen) atoms. The highest BCUT2D eigenvalue weighted by atomic mass is 16.5. The van der Waals surface area contributed by atoms with E-state index in [2.05, 4.69) is 11.9 Å². The van der Waals surface area contributed by atoms with Crippen LogP contribution in [0.4, 0.5) is 0 Å². The summed E-state index contributed by atoms with van der Waals surface area (Å²) in [5.74, 6) is 1.35. The van der Waals surface area contributed by atoms with Crippen molar-refractivity contribution in [3.05, 3.63) is 18.0 Å². The standard InChI is InChI=1S/C13H21NO3/c1-4-5-10(15)6-7-11-13(17-3)12(16-2)8-9-14-11/h8-10,15H,4-7H2,1-3H3. The topological polar surface area (TPSA) is 51.6 Å². The molecule has 1 aromatic heterocycles. The minimum Gasteiger partial charge on any atom is -0.493 e. The lowest BCUT2D eigenvalue weighted by atomic mass is 10.1. The maximum atomic E-state index is 9.70. The molecule has 0 aliphatic heterocycles. The van der Waals surface area contributed by atoms with Crippen molar-refractivity contribution in [2.45, 2.75) is 38.7 Å². The molecule has 1 rings (SSSR count). The van der Waals surface area contributed by atoms with E-state index in [1.165, 1.54) is 0 Å². The highest BCUT2D eigenvalue weighted by molar-refractivity contribution is 5.42. The van der Waals surface area contributed by atoms with Crippen LogP contribution in [0.5, 0.6) is 11.5 Å². The molecule has 1 N–H and O–H groups in total. The van der Waals surface area contributed by atoms with Crippen LogP contribution >= 0.6 is 0 Å². The Kier molecular flexibility index (Phi) is 5.77. The second-order valence-electron chi connectivity index (χ2n) is 3.97. The van der Waals surface area contributed by atoms with Gasteiger partial charge in [-0.2, -0.15) is 0 Å². The molecule has 1 atom stereocenters. The lowest BCUT2D eigenvalue weighted by Gasteiger charge is -2.13. The summed E-state index contributed by atoms with van der Waals surface area (Å²) in [5.41, 5.74) is 0.835. The highest BCUT2D eigenvalue weighted by Crippen LogP contribution is 2.29. The number of aryl methyl sites for hydroxylation is 1. The predicted molar refractivity (Wildman–Crippen MR) is 66.6 cm³/mol. The van der Waals surface area contributed by atoms with E-state index < -0.39 is 0 Å². The van der Waals surface area contributed by atoms with Gasteiger partial charge in [-0.15, -0.1) is 0 Å². The Hall–Kier alpha value is -1.29. The number of rotatable bonds is 7. The minimum absolute atomic E-state index is 0.266. The zero-order chi connectivity index (χ0) is 12.7. The summed E-state index contributed by atoms with van der Waals surface area (Å²) >= 11 is 0. The van der Waals surface area contributed by atoms with E-state index in [0.717, 1.165) is 18.5 Å². The zero-order valence-electron chi connectivity index (χ0n) is 10.8. The van der Waals surface area contributed by atoms with Crippen molar-refractivity contribution in [1.29, 1.82) is 0 Å². The van der Waals surface area contributed by atoms with E-state index in [9.17, 15) is 5.11 Å². The number of hydrogen-bond donors (Lipinski definition) is 1. The Morgan fingerprint density at radius 3 is 2.65 bits per heavy atom. The normalized spacial score (nSPS) is 12.2. The average molecular weight is 239 g/mol. The van der Waals surface area contributed by atoms with Gasteiger partial charge >= 0.3 is 0 Å². The number of aliphatic hydroxyl groups excluding tert-OH is 1.